The fourth-order valence-corrected chi connectivity index (χ4v) is 3.81. The maximum atomic E-state index is 13.2. The van der Waals surface area contributed by atoms with E-state index in [1.54, 1.807) is 29.2 Å². The minimum atomic E-state index is -0.394. The van der Waals surface area contributed by atoms with Crippen LogP contribution in [0.3, 0.4) is 0 Å². The number of benzene rings is 2. The second kappa shape index (κ2) is 10.7. The lowest BCUT2D eigenvalue weighted by Gasteiger charge is -2.20. The molecule has 0 unspecified atom stereocenters. The zero-order chi connectivity index (χ0) is 23.9. The third-order valence-corrected chi connectivity index (χ3v) is 5.62. The van der Waals surface area contributed by atoms with Crippen LogP contribution in [0.1, 0.15) is 39.1 Å². The topological polar surface area (TPSA) is 90.0 Å². The van der Waals surface area contributed by atoms with E-state index in [4.69, 9.17) is 14.2 Å². The first-order chi connectivity index (χ1) is 16.6. The SMILES string of the molecule is COc1cc(NC(=O)c2ccnc(OCc3ccccc3)c2)c(C(=O)N2CCCC2)cc1OC. The number of nitrogens with one attached hydrogen (secondary N) is 1. The molecule has 8 nitrogen and oxygen atoms in total. The Bertz CT molecular complexity index is 1160. The molecule has 1 aromatic heterocycles. The average molecular weight is 462 g/mol. The summed E-state index contributed by atoms with van der Waals surface area (Å²) in [5.74, 6) is 0.614. The molecule has 0 saturated carbocycles. The number of likely N-dealkylation sites (tertiary alicyclic amines) is 1. The van der Waals surface area contributed by atoms with Crippen LogP contribution in [0, 0.1) is 0 Å². The summed E-state index contributed by atoms with van der Waals surface area (Å²) in [7, 11) is 3.01. The van der Waals surface area contributed by atoms with E-state index in [2.05, 4.69) is 10.3 Å². The highest BCUT2D eigenvalue weighted by atomic mass is 16.5. The molecule has 0 bridgehead atoms. The van der Waals surface area contributed by atoms with E-state index in [0.29, 0.717) is 53.9 Å². The van der Waals surface area contributed by atoms with Gasteiger partial charge < -0.3 is 24.4 Å². The van der Waals surface area contributed by atoms with Crippen LogP contribution in [0.5, 0.6) is 17.4 Å². The van der Waals surface area contributed by atoms with Crippen molar-refractivity contribution in [2.75, 3.05) is 32.6 Å². The van der Waals surface area contributed by atoms with E-state index in [0.717, 1.165) is 18.4 Å². The lowest BCUT2D eigenvalue weighted by atomic mass is 10.1. The third kappa shape index (κ3) is 5.28. The molecule has 1 saturated heterocycles. The zero-order valence-electron chi connectivity index (χ0n) is 19.2. The van der Waals surface area contributed by atoms with Gasteiger partial charge in [0, 0.05) is 37.0 Å². The van der Waals surface area contributed by atoms with E-state index in [1.807, 2.05) is 30.3 Å². The fourth-order valence-electron chi connectivity index (χ4n) is 3.81. The molecule has 0 atom stereocenters. The van der Waals surface area contributed by atoms with Gasteiger partial charge in [0.2, 0.25) is 5.88 Å². The molecular formula is C26H27N3O5. The standard InChI is InChI=1S/C26H27N3O5/c1-32-22-15-20(26(31)29-12-6-7-13-29)21(16-23(22)33-2)28-25(30)19-10-11-27-24(14-19)34-17-18-8-4-3-5-9-18/h3-5,8-11,14-16H,6-7,12-13,17H2,1-2H3,(H,28,30). The lowest BCUT2D eigenvalue weighted by Crippen LogP contribution is -2.29. The number of hydrogen-bond acceptors (Lipinski definition) is 6. The van der Waals surface area contributed by atoms with Crippen molar-refractivity contribution in [1.29, 1.82) is 0 Å². The van der Waals surface area contributed by atoms with Gasteiger partial charge in [0.05, 0.1) is 25.5 Å². The number of amides is 2. The van der Waals surface area contributed by atoms with Crippen molar-refractivity contribution < 1.29 is 23.8 Å². The molecule has 0 aliphatic carbocycles. The van der Waals surface area contributed by atoms with Gasteiger partial charge in [-0.25, -0.2) is 4.98 Å². The summed E-state index contributed by atoms with van der Waals surface area (Å²) in [6, 6.07) is 16.1. The van der Waals surface area contributed by atoms with Crippen molar-refractivity contribution in [2.45, 2.75) is 19.4 Å². The van der Waals surface area contributed by atoms with Crippen LogP contribution in [0.25, 0.3) is 0 Å². The number of anilines is 1. The molecule has 176 valence electrons. The molecule has 1 N–H and O–H groups in total. The highest BCUT2D eigenvalue weighted by Gasteiger charge is 2.25. The van der Waals surface area contributed by atoms with Gasteiger partial charge in [0.25, 0.3) is 11.8 Å². The summed E-state index contributed by atoms with van der Waals surface area (Å²) in [4.78, 5) is 32.2. The number of pyridine rings is 1. The number of aromatic nitrogens is 1. The molecule has 1 fully saturated rings. The molecule has 8 heteroatoms. The van der Waals surface area contributed by atoms with Crippen molar-refractivity contribution >= 4 is 17.5 Å². The monoisotopic (exact) mass is 461 g/mol. The number of nitrogens with zero attached hydrogens (tertiary/aromatic N) is 2. The molecule has 2 amide bonds. The molecule has 2 aromatic carbocycles. The van der Waals surface area contributed by atoms with Crippen molar-refractivity contribution in [1.82, 2.24) is 9.88 Å². The van der Waals surface area contributed by atoms with Gasteiger partial charge in [-0.05, 0) is 30.5 Å². The van der Waals surface area contributed by atoms with Crippen LogP contribution >= 0.6 is 0 Å². The van der Waals surface area contributed by atoms with E-state index < -0.39 is 5.91 Å². The maximum absolute atomic E-state index is 13.2. The van der Waals surface area contributed by atoms with E-state index in [9.17, 15) is 9.59 Å². The molecular weight excluding hydrogens is 434 g/mol. The quantitative estimate of drug-likeness (QED) is 0.542. The number of carbonyl (C=O) groups excluding carboxylic acids is 2. The van der Waals surface area contributed by atoms with Crippen molar-refractivity contribution in [3.63, 3.8) is 0 Å². The Morgan fingerprint density at radius 3 is 2.38 bits per heavy atom. The molecule has 3 aromatic rings. The second-order valence-electron chi connectivity index (χ2n) is 7.86. The molecule has 0 radical (unpaired) electrons. The summed E-state index contributed by atoms with van der Waals surface area (Å²) in [6.45, 7) is 1.71. The number of methoxy groups -OCH3 is 2. The van der Waals surface area contributed by atoms with Crippen LogP contribution < -0.4 is 19.5 Å². The van der Waals surface area contributed by atoms with Gasteiger partial charge in [-0.2, -0.15) is 0 Å². The first-order valence-corrected chi connectivity index (χ1v) is 11.1. The van der Waals surface area contributed by atoms with E-state index in [-0.39, 0.29) is 5.91 Å². The molecule has 0 spiro atoms. The van der Waals surface area contributed by atoms with Crippen LogP contribution in [0.4, 0.5) is 5.69 Å². The Kier molecular flexibility index (Phi) is 7.27. The number of rotatable bonds is 8. The van der Waals surface area contributed by atoms with Gasteiger partial charge in [0.1, 0.15) is 6.61 Å². The fraction of sp³-hybridized carbons (Fsp3) is 0.269. The van der Waals surface area contributed by atoms with Crippen molar-refractivity contribution in [3.8, 4) is 17.4 Å². The molecule has 2 heterocycles. The highest BCUT2D eigenvalue weighted by Crippen LogP contribution is 2.34. The molecule has 34 heavy (non-hydrogen) atoms. The maximum Gasteiger partial charge on any atom is 0.256 e. The van der Waals surface area contributed by atoms with Crippen LogP contribution in [0.2, 0.25) is 0 Å². The van der Waals surface area contributed by atoms with Gasteiger partial charge in [-0.1, -0.05) is 30.3 Å². The minimum Gasteiger partial charge on any atom is -0.493 e. The van der Waals surface area contributed by atoms with Crippen molar-refractivity contribution in [3.05, 3.63) is 77.5 Å². The first-order valence-electron chi connectivity index (χ1n) is 11.1. The van der Waals surface area contributed by atoms with Gasteiger partial charge in [0.15, 0.2) is 11.5 Å². The largest absolute Gasteiger partial charge is 0.493 e. The molecule has 1 aliphatic heterocycles. The number of hydrogen-bond donors (Lipinski definition) is 1. The summed E-state index contributed by atoms with van der Waals surface area (Å²) in [5, 5.41) is 2.85. The zero-order valence-corrected chi connectivity index (χ0v) is 19.2. The summed E-state index contributed by atoms with van der Waals surface area (Å²) in [5.41, 5.74) is 2.05. The summed E-state index contributed by atoms with van der Waals surface area (Å²) >= 11 is 0. The van der Waals surface area contributed by atoms with Crippen LogP contribution in [0.15, 0.2) is 60.8 Å². The number of ether oxygens (including phenoxy) is 3. The van der Waals surface area contributed by atoms with Gasteiger partial charge in [-0.15, -0.1) is 0 Å². The Hall–Kier alpha value is -4.07. The highest BCUT2D eigenvalue weighted by molar-refractivity contribution is 6.09. The Labute approximate surface area is 198 Å². The lowest BCUT2D eigenvalue weighted by molar-refractivity contribution is 0.0793. The summed E-state index contributed by atoms with van der Waals surface area (Å²) in [6.07, 6.45) is 3.44. The Morgan fingerprint density at radius 1 is 0.971 bits per heavy atom. The predicted molar refractivity (Wildman–Crippen MR) is 128 cm³/mol. The first kappa shape index (κ1) is 23.1. The molecule has 4 rings (SSSR count). The average Bonchev–Trinajstić information content (AvgIpc) is 3.42. The Balaban J connectivity index is 1.56. The van der Waals surface area contributed by atoms with Gasteiger partial charge >= 0.3 is 0 Å². The Morgan fingerprint density at radius 2 is 1.68 bits per heavy atom. The minimum absolute atomic E-state index is 0.157. The normalized spacial score (nSPS) is 12.8. The van der Waals surface area contributed by atoms with Crippen LogP contribution in [-0.2, 0) is 6.61 Å². The number of carbonyl (C=O) groups is 2. The predicted octanol–water partition coefficient (Wildman–Crippen LogP) is 4.17. The molecule has 1 aliphatic rings. The van der Waals surface area contributed by atoms with E-state index in [1.165, 1.54) is 20.4 Å². The van der Waals surface area contributed by atoms with Crippen LogP contribution in [-0.4, -0.2) is 49.0 Å². The second-order valence-corrected chi connectivity index (χ2v) is 7.86. The van der Waals surface area contributed by atoms with Crippen molar-refractivity contribution in [2.24, 2.45) is 0 Å². The smallest absolute Gasteiger partial charge is 0.256 e. The summed E-state index contributed by atoms with van der Waals surface area (Å²) < 4.78 is 16.5. The van der Waals surface area contributed by atoms with Gasteiger partial charge in [-0.3, -0.25) is 9.59 Å². The third-order valence-electron chi connectivity index (χ3n) is 5.62. The van der Waals surface area contributed by atoms with E-state index >= 15 is 0 Å².